The molecule has 4 nitrogen and oxygen atoms in total. The highest BCUT2D eigenvalue weighted by atomic mass is 35.5. The maximum absolute atomic E-state index is 3.44. The van der Waals surface area contributed by atoms with Crippen molar-refractivity contribution in [2.45, 2.75) is 38.3 Å². The molecule has 0 bridgehead atoms. The lowest BCUT2D eigenvalue weighted by Gasteiger charge is -2.48. The molecule has 2 atom stereocenters. The standard InChI is InChI=1S/C15H30N4.3ClH/c1-14-12-19-7-3-2-4-15(19)13-18(14)11-10-17-8-5-16-6-9-17;;;/h14-16H,2-13H2,1H3;3*1H. The average Bonchev–Trinajstić information content (AvgIpc) is 2.46. The minimum Gasteiger partial charge on any atom is -0.314 e. The molecule has 0 aromatic rings. The maximum atomic E-state index is 3.44. The molecule has 0 amide bonds. The van der Waals surface area contributed by atoms with E-state index in [-0.39, 0.29) is 37.2 Å². The molecule has 3 saturated heterocycles. The number of nitrogens with one attached hydrogen (secondary N) is 1. The molecule has 0 aromatic carbocycles. The average molecular weight is 376 g/mol. The maximum Gasteiger partial charge on any atom is 0.0223 e. The number of hydrogen-bond donors (Lipinski definition) is 1. The van der Waals surface area contributed by atoms with Gasteiger partial charge in [0.25, 0.3) is 0 Å². The molecule has 7 heteroatoms. The number of piperidine rings is 1. The number of nitrogens with zero attached hydrogens (tertiary/aromatic N) is 3. The van der Waals surface area contributed by atoms with E-state index >= 15 is 0 Å². The molecule has 0 saturated carbocycles. The molecular weight excluding hydrogens is 343 g/mol. The SMILES string of the molecule is CC1CN2CCCCC2CN1CCN1CCNCC1.Cl.Cl.Cl. The van der Waals surface area contributed by atoms with E-state index in [1.165, 1.54) is 78.2 Å². The Balaban J connectivity index is 0.00000147. The fourth-order valence-corrected chi connectivity index (χ4v) is 3.93. The van der Waals surface area contributed by atoms with Gasteiger partial charge in [-0.1, -0.05) is 6.42 Å². The van der Waals surface area contributed by atoms with Gasteiger partial charge < -0.3 is 5.32 Å². The summed E-state index contributed by atoms with van der Waals surface area (Å²) >= 11 is 0. The molecule has 3 heterocycles. The summed E-state index contributed by atoms with van der Waals surface area (Å²) < 4.78 is 0. The molecule has 3 aliphatic rings. The van der Waals surface area contributed by atoms with Crippen LogP contribution in [0.4, 0.5) is 0 Å². The van der Waals surface area contributed by atoms with E-state index in [0.29, 0.717) is 0 Å². The zero-order valence-electron chi connectivity index (χ0n) is 13.7. The summed E-state index contributed by atoms with van der Waals surface area (Å²) in [6, 6.07) is 1.60. The Morgan fingerprint density at radius 3 is 2.36 bits per heavy atom. The predicted molar refractivity (Wildman–Crippen MR) is 101 cm³/mol. The van der Waals surface area contributed by atoms with Gasteiger partial charge in [0.05, 0.1) is 0 Å². The van der Waals surface area contributed by atoms with E-state index in [4.69, 9.17) is 0 Å². The van der Waals surface area contributed by atoms with Crippen LogP contribution in [0.3, 0.4) is 0 Å². The van der Waals surface area contributed by atoms with E-state index in [9.17, 15) is 0 Å². The molecule has 0 spiro atoms. The summed E-state index contributed by atoms with van der Waals surface area (Å²) in [5.41, 5.74) is 0. The molecule has 1 N–H and O–H groups in total. The van der Waals surface area contributed by atoms with Crippen molar-refractivity contribution in [1.82, 2.24) is 20.0 Å². The van der Waals surface area contributed by atoms with E-state index in [1.54, 1.807) is 0 Å². The van der Waals surface area contributed by atoms with Crippen LogP contribution in [0.1, 0.15) is 26.2 Å². The number of rotatable bonds is 3. The van der Waals surface area contributed by atoms with E-state index in [0.717, 1.165) is 12.1 Å². The number of hydrogen-bond acceptors (Lipinski definition) is 4. The lowest BCUT2D eigenvalue weighted by atomic mass is 9.97. The smallest absolute Gasteiger partial charge is 0.0223 e. The van der Waals surface area contributed by atoms with E-state index < -0.39 is 0 Å². The van der Waals surface area contributed by atoms with Crippen molar-refractivity contribution in [1.29, 1.82) is 0 Å². The zero-order valence-corrected chi connectivity index (χ0v) is 16.2. The molecule has 0 radical (unpaired) electrons. The molecule has 3 fully saturated rings. The molecule has 0 aliphatic carbocycles. The van der Waals surface area contributed by atoms with Gasteiger partial charge in [-0.25, -0.2) is 0 Å². The lowest BCUT2D eigenvalue weighted by Crippen LogP contribution is -2.59. The Hall–Kier alpha value is 0.710. The Bertz CT molecular complexity index is 290. The highest BCUT2D eigenvalue weighted by Crippen LogP contribution is 2.23. The van der Waals surface area contributed by atoms with Gasteiger partial charge in [0.1, 0.15) is 0 Å². The zero-order chi connectivity index (χ0) is 13.1. The van der Waals surface area contributed by atoms with Gasteiger partial charge in [0.2, 0.25) is 0 Å². The molecule has 3 rings (SSSR count). The highest BCUT2D eigenvalue weighted by molar-refractivity contribution is 5.86. The monoisotopic (exact) mass is 374 g/mol. The van der Waals surface area contributed by atoms with Crippen molar-refractivity contribution in [2.24, 2.45) is 0 Å². The number of halogens is 3. The van der Waals surface area contributed by atoms with Crippen LogP contribution >= 0.6 is 37.2 Å². The van der Waals surface area contributed by atoms with Gasteiger partial charge in [-0.15, -0.1) is 37.2 Å². The first-order valence-electron chi connectivity index (χ1n) is 8.24. The van der Waals surface area contributed by atoms with Crippen LogP contribution in [0.15, 0.2) is 0 Å². The van der Waals surface area contributed by atoms with Crippen molar-refractivity contribution in [2.75, 3.05) is 58.9 Å². The summed E-state index contributed by atoms with van der Waals surface area (Å²) in [6.07, 6.45) is 4.29. The Kier molecular flexibility index (Phi) is 11.7. The van der Waals surface area contributed by atoms with E-state index in [1.807, 2.05) is 0 Å². The first-order chi connectivity index (χ1) is 9.33. The van der Waals surface area contributed by atoms with Gasteiger partial charge in [-0.3, -0.25) is 14.7 Å². The minimum atomic E-state index is 0. The molecular formula is C15H33Cl3N4. The van der Waals surface area contributed by atoms with Crippen molar-refractivity contribution in [3.63, 3.8) is 0 Å². The van der Waals surface area contributed by atoms with Crippen molar-refractivity contribution >= 4 is 37.2 Å². The summed E-state index contributed by atoms with van der Waals surface area (Å²) in [7, 11) is 0. The van der Waals surface area contributed by atoms with Gasteiger partial charge in [-0.2, -0.15) is 0 Å². The lowest BCUT2D eigenvalue weighted by molar-refractivity contribution is 0.0105. The van der Waals surface area contributed by atoms with Crippen LogP contribution in [0.2, 0.25) is 0 Å². The molecule has 2 unspecified atom stereocenters. The van der Waals surface area contributed by atoms with Gasteiger partial charge in [0.15, 0.2) is 0 Å². The number of fused-ring (bicyclic) bond motifs is 1. The summed E-state index contributed by atoms with van der Waals surface area (Å²) in [5.74, 6) is 0. The highest BCUT2D eigenvalue weighted by Gasteiger charge is 2.32. The fraction of sp³-hybridized carbons (Fsp3) is 1.00. The van der Waals surface area contributed by atoms with Crippen LogP contribution < -0.4 is 5.32 Å². The Labute approximate surface area is 154 Å². The van der Waals surface area contributed by atoms with Crippen molar-refractivity contribution in [3.05, 3.63) is 0 Å². The fourth-order valence-electron chi connectivity index (χ4n) is 3.93. The van der Waals surface area contributed by atoms with Crippen LogP contribution in [0.25, 0.3) is 0 Å². The first-order valence-corrected chi connectivity index (χ1v) is 8.24. The predicted octanol–water partition coefficient (Wildman–Crippen LogP) is 1.72. The van der Waals surface area contributed by atoms with Crippen molar-refractivity contribution < 1.29 is 0 Å². The van der Waals surface area contributed by atoms with Gasteiger partial charge in [0, 0.05) is 64.4 Å². The summed E-state index contributed by atoms with van der Waals surface area (Å²) in [4.78, 5) is 8.11. The largest absolute Gasteiger partial charge is 0.314 e. The third kappa shape index (κ3) is 5.97. The topological polar surface area (TPSA) is 21.8 Å². The third-order valence-corrected chi connectivity index (χ3v) is 5.23. The second kappa shape index (κ2) is 11.3. The summed E-state index contributed by atoms with van der Waals surface area (Å²) in [5, 5.41) is 3.44. The Morgan fingerprint density at radius 2 is 1.64 bits per heavy atom. The molecule has 22 heavy (non-hydrogen) atoms. The number of piperazine rings is 2. The molecule has 3 aliphatic heterocycles. The normalized spacial score (nSPS) is 30.4. The third-order valence-electron chi connectivity index (χ3n) is 5.23. The van der Waals surface area contributed by atoms with Gasteiger partial charge in [-0.05, 0) is 26.3 Å². The first kappa shape index (κ1) is 22.7. The van der Waals surface area contributed by atoms with E-state index in [2.05, 4.69) is 26.9 Å². The van der Waals surface area contributed by atoms with Crippen LogP contribution in [0, 0.1) is 0 Å². The quantitative estimate of drug-likeness (QED) is 0.810. The summed E-state index contributed by atoms with van der Waals surface area (Å²) in [6.45, 7) is 13.7. The Morgan fingerprint density at radius 1 is 0.909 bits per heavy atom. The van der Waals surface area contributed by atoms with Gasteiger partial charge >= 0.3 is 0 Å². The van der Waals surface area contributed by atoms with Crippen molar-refractivity contribution in [3.8, 4) is 0 Å². The molecule has 0 aromatic heterocycles. The second-order valence-electron chi connectivity index (χ2n) is 6.58. The van der Waals surface area contributed by atoms with Crippen LogP contribution in [0.5, 0.6) is 0 Å². The van der Waals surface area contributed by atoms with Crippen LogP contribution in [-0.4, -0.2) is 85.7 Å². The minimum absolute atomic E-state index is 0. The van der Waals surface area contributed by atoms with Crippen LogP contribution in [-0.2, 0) is 0 Å². The molecule has 134 valence electrons. The second-order valence-corrected chi connectivity index (χ2v) is 6.58.